The van der Waals surface area contributed by atoms with Crippen molar-refractivity contribution in [3.63, 3.8) is 0 Å². The monoisotopic (exact) mass is 351 g/mol. The Kier molecular flexibility index (Phi) is 4.50. The van der Waals surface area contributed by atoms with Gasteiger partial charge in [-0.15, -0.1) is 10.2 Å². The number of fused-ring (bicyclic) bond motifs is 1. The van der Waals surface area contributed by atoms with E-state index in [-0.39, 0.29) is 17.0 Å². The molecule has 0 aliphatic rings. The summed E-state index contributed by atoms with van der Waals surface area (Å²) >= 11 is 0. The van der Waals surface area contributed by atoms with E-state index in [4.69, 9.17) is 4.74 Å². The number of benzene rings is 2. The molecule has 2 aromatic carbocycles. The van der Waals surface area contributed by atoms with Gasteiger partial charge in [-0.25, -0.2) is 0 Å². The zero-order valence-corrected chi connectivity index (χ0v) is 15.2. The Hall–Kier alpha value is -3.15. The maximum absolute atomic E-state index is 12.3. The number of hydrogen-bond acceptors (Lipinski definition) is 4. The number of aromatic hydroxyl groups is 1. The van der Waals surface area contributed by atoms with Crippen LogP contribution in [-0.2, 0) is 5.41 Å². The molecule has 1 amide bonds. The smallest absolute Gasteiger partial charge is 0.295 e. The average molecular weight is 351 g/mol. The van der Waals surface area contributed by atoms with Gasteiger partial charge >= 0.3 is 0 Å². The maximum Gasteiger partial charge on any atom is 0.295 e. The minimum absolute atomic E-state index is 0.0119. The van der Waals surface area contributed by atoms with Crippen LogP contribution in [0.25, 0.3) is 10.9 Å². The SMILES string of the molecule is COc1cccc2c(N=NC(=O)c3ccc(C(C)(C)C)cc3)c(O)[nH]c12. The summed E-state index contributed by atoms with van der Waals surface area (Å²) in [6.07, 6.45) is 0. The predicted octanol–water partition coefficient (Wildman–Crippen LogP) is 5.10. The van der Waals surface area contributed by atoms with E-state index in [1.807, 2.05) is 12.1 Å². The number of rotatable bonds is 3. The number of amides is 1. The van der Waals surface area contributed by atoms with Crippen LogP contribution in [0, 0.1) is 0 Å². The van der Waals surface area contributed by atoms with Gasteiger partial charge in [-0.1, -0.05) is 45.0 Å². The zero-order valence-electron chi connectivity index (χ0n) is 15.2. The Balaban J connectivity index is 1.89. The fourth-order valence-corrected chi connectivity index (χ4v) is 2.70. The molecule has 1 aromatic heterocycles. The second-order valence-corrected chi connectivity index (χ2v) is 7.04. The van der Waals surface area contributed by atoms with E-state index < -0.39 is 5.91 Å². The molecule has 0 bridgehead atoms. The topological polar surface area (TPSA) is 87.0 Å². The molecule has 6 nitrogen and oxygen atoms in total. The average Bonchev–Trinajstić information content (AvgIpc) is 2.94. The Morgan fingerprint density at radius 3 is 2.42 bits per heavy atom. The third-order valence-electron chi connectivity index (χ3n) is 4.21. The number of carbonyl (C=O) groups is 1. The Bertz CT molecular complexity index is 980. The molecule has 26 heavy (non-hydrogen) atoms. The molecule has 6 heteroatoms. The minimum Gasteiger partial charge on any atom is -0.495 e. The van der Waals surface area contributed by atoms with Crippen LogP contribution < -0.4 is 4.74 Å². The highest BCUT2D eigenvalue weighted by Gasteiger charge is 2.16. The van der Waals surface area contributed by atoms with Crippen LogP contribution in [0.4, 0.5) is 5.69 Å². The lowest BCUT2D eigenvalue weighted by Gasteiger charge is -2.18. The summed E-state index contributed by atoms with van der Waals surface area (Å²) in [6, 6.07) is 12.6. The van der Waals surface area contributed by atoms with Crippen molar-refractivity contribution >= 4 is 22.5 Å². The number of hydrogen-bond donors (Lipinski definition) is 2. The van der Waals surface area contributed by atoms with Crippen LogP contribution in [0.5, 0.6) is 11.6 Å². The number of azo groups is 1. The number of carbonyl (C=O) groups excluding carboxylic acids is 1. The molecule has 0 aliphatic heterocycles. The fraction of sp³-hybridized carbons (Fsp3) is 0.250. The molecular weight excluding hydrogens is 330 g/mol. The summed E-state index contributed by atoms with van der Waals surface area (Å²) in [5.74, 6) is -0.0606. The second-order valence-electron chi connectivity index (χ2n) is 7.04. The number of methoxy groups -OCH3 is 1. The molecule has 3 rings (SSSR count). The number of nitrogens with zero attached hydrogens (tertiary/aromatic N) is 2. The largest absolute Gasteiger partial charge is 0.495 e. The van der Waals surface area contributed by atoms with Crippen LogP contribution in [-0.4, -0.2) is 23.1 Å². The van der Waals surface area contributed by atoms with E-state index in [2.05, 4.69) is 36.0 Å². The molecule has 2 N–H and O–H groups in total. The number of aromatic nitrogens is 1. The van der Waals surface area contributed by atoms with Gasteiger partial charge in [0.05, 0.1) is 12.6 Å². The molecule has 0 fully saturated rings. The van der Waals surface area contributed by atoms with Gasteiger partial charge in [-0.2, -0.15) is 0 Å². The molecule has 0 saturated heterocycles. The van der Waals surface area contributed by atoms with E-state index in [0.29, 0.717) is 22.2 Å². The van der Waals surface area contributed by atoms with Gasteiger partial charge in [-0.05, 0) is 29.2 Å². The third kappa shape index (κ3) is 3.31. The molecule has 0 atom stereocenters. The Morgan fingerprint density at radius 1 is 1.12 bits per heavy atom. The summed E-state index contributed by atoms with van der Waals surface area (Å²) in [5.41, 5.74) is 2.39. The Morgan fingerprint density at radius 2 is 1.81 bits per heavy atom. The summed E-state index contributed by atoms with van der Waals surface area (Å²) in [7, 11) is 1.54. The van der Waals surface area contributed by atoms with Crippen molar-refractivity contribution in [2.24, 2.45) is 10.2 Å². The normalized spacial score (nSPS) is 12.0. The summed E-state index contributed by atoms with van der Waals surface area (Å²) < 4.78 is 5.25. The first kappa shape index (κ1) is 17.7. The van der Waals surface area contributed by atoms with E-state index in [9.17, 15) is 9.90 Å². The number of nitrogens with one attached hydrogen (secondary N) is 1. The lowest BCUT2D eigenvalue weighted by atomic mass is 9.87. The van der Waals surface area contributed by atoms with Gasteiger partial charge in [0.1, 0.15) is 5.75 Å². The summed E-state index contributed by atoms with van der Waals surface area (Å²) in [4.78, 5) is 15.1. The van der Waals surface area contributed by atoms with E-state index in [1.165, 1.54) is 0 Å². The highest BCUT2D eigenvalue weighted by molar-refractivity contribution is 5.99. The fourth-order valence-electron chi connectivity index (χ4n) is 2.70. The summed E-state index contributed by atoms with van der Waals surface area (Å²) in [6.45, 7) is 6.33. The summed E-state index contributed by atoms with van der Waals surface area (Å²) in [5, 5.41) is 18.4. The van der Waals surface area contributed by atoms with Crippen molar-refractivity contribution in [2.45, 2.75) is 26.2 Å². The van der Waals surface area contributed by atoms with Crippen LogP contribution in [0.3, 0.4) is 0 Å². The molecule has 0 saturated carbocycles. The van der Waals surface area contributed by atoms with E-state index in [1.54, 1.807) is 37.4 Å². The van der Waals surface area contributed by atoms with Crippen molar-refractivity contribution in [3.8, 4) is 11.6 Å². The standard InChI is InChI=1S/C20H21N3O3/c1-20(2,3)13-10-8-12(9-11-13)18(24)23-22-17-14-6-5-7-15(26-4)16(14)21-19(17)25/h5-11,21,25H,1-4H3. The van der Waals surface area contributed by atoms with Crippen LogP contribution in [0.2, 0.25) is 0 Å². The highest BCUT2D eigenvalue weighted by Crippen LogP contribution is 2.39. The number of aromatic amines is 1. The maximum atomic E-state index is 12.3. The molecular formula is C20H21N3O3. The molecule has 0 unspecified atom stereocenters. The van der Waals surface area contributed by atoms with Crippen LogP contribution in [0.1, 0.15) is 36.7 Å². The van der Waals surface area contributed by atoms with Crippen LogP contribution in [0.15, 0.2) is 52.7 Å². The molecule has 1 heterocycles. The van der Waals surface area contributed by atoms with Crippen molar-refractivity contribution in [2.75, 3.05) is 7.11 Å². The number of H-pyrrole nitrogens is 1. The minimum atomic E-state index is -0.470. The first-order valence-electron chi connectivity index (χ1n) is 8.25. The van der Waals surface area contributed by atoms with Gasteiger partial charge in [-0.3, -0.25) is 4.79 Å². The second kappa shape index (κ2) is 6.63. The molecule has 0 radical (unpaired) electrons. The molecule has 0 spiro atoms. The first-order valence-corrected chi connectivity index (χ1v) is 8.25. The van der Waals surface area contributed by atoms with Crippen molar-refractivity contribution in [1.82, 2.24) is 4.98 Å². The van der Waals surface area contributed by atoms with Crippen molar-refractivity contribution < 1.29 is 14.6 Å². The van der Waals surface area contributed by atoms with Gasteiger partial charge in [0.25, 0.3) is 5.91 Å². The first-order chi connectivity index (χ1) is 12.3. The molecule has 0 aliphatic carbocycles. The van der Waals surface area contributed by atoms with Gasteiger partial charge in [0.2, 0.25) is 5.88 Å². The van der Waals surface area contributed by atoms with E-state index in [0.717, 1.165) is 5.56 Å². The van der Waals surface area contributed by atoms with Crippen molar-refractivity contribution in [1.29, 1.82) is 0 Å². The number of para-hydroxylation sites is 1. The van der Waals surface area contributed by atoms with Gasteiger partial charge < -0.3 is 14.8 Å². The van der Waals surface area contributed by atoms with Crippen LogP contribution >= 0.6 is 0 Å². The quantitative estimate of drug-likeness (QED) is 0.643. The Labute approximate surface area is 151 Å². The molecule has 3 aromatic rings. The van der Waals surface area contributed by atoms with E-state index >= 15 is 0 Å². The third-order valence-corrected chi connectivity index (χ3v) is 4.21. The highest BCUT2D eigenvalue weighted by atomic mass is 16.5. The molecule has 134 valence electrons. The van der Waals surface area contributed by atoms with Gasteiger partial charge in [0, 0.05) is 10.9 Å². The zero-order chi connectivity index (χ0) is 18.9. The van der Waals surface area contributed by atoms with Gasteiger partial charge in [0.15, 0.2) is 5.69 Å². The lowest BCUT2D eigenvalue weighted by Crippen LogP contribution is -2.11. The predicted molar refractivity (Wildman–Crippen MR) is 101 cm³/mol. The number of ether oxygens (including phenoxy) is 1. The van der Waals surface area contributed by atoms with Crippen molar-refractivity contribution in [3.05, 3.63) is 53.6 Å². The lowest BCUT2D eigenvalue weighted by molar-refractivity contribution is 0.0995.